The molecule has 88 valence electrons. The van der Waals surface area contributed by atoms with Crippen molar-refractivity contribution >= 4 is 21.9 Å². The summed E-state index contributed by atoms with van der Waals surface area (Å²) in [5.41, 5.74) is 2.39. The van der Waals surface area contributed by atoms with Crippen LogP contribution in [0.4, 0.5) is 0 Å². The zero-order chi connectivity index (χ0) is 12.0. The average Bonchev–Trinajstić information content (AvgIpc) is 2.28. The number of hydrogen-bond acceptors (Lipinski definition) is 1. The number of carbonyl (C=O) groups is 1. The molecule has 0 fully saturated rings. The maximum Gasteiger partial charge on any atom is 0.317 e. The molecule has 0 saturated carbocycles. The van der Waals surface area contributed by atoms with Crippen molar-refractivity contribution in [2.75, 3.05) is 0 Å². The maximum atomic E-state index is 10.7. The summed E-state index contributed by atoms with van der Waals surface area (Å²) in [4.78, 5) is 10.2. The van der Waals surface area contributed by atoms with Crippen LogP contribution in [0.2, 0.25) is 0 Å². The maximum absolute atomic E-state index is 10.7. The van der Waals surface area contributed by atoms with Gasteiger partial charge in [0.2, 0.25) is 0 Å². The Labute approximate surface area is 105 Å². The Balaban J connectivity index is 2.54. The lowest BCUT2D eigenvalue weighted by molar-refractivity contribution is -0.136. The summed E-state index contributed by atoms with van der Waals surface area (Å²) in [6.45, 7) is 2.18. The first-order valence-corrected chi connectivity index (χ1v) is 6.49. The molecule has 0 radical (unpaired) electrons. The SMILES string of the molecule is CCCCc1ccc(C[C@@H](Br)C(=O)O)cc1. The largest absolute Gasteiger partial charge is 0.480 e. The number of rotatable bonds is 6. The molecule has 1 aromatic rings. The quantitative estimate of drug-likeness (QED) is 0.813. The summed E-state index contributed by atoms with van der Waals surface area (Å²) >= 11 is 3.14. The summed E-state index contributed by atoms with van der Waals surface area (Å²) in [6, 6.07) is 8.21. The number of alkyl halides is 1. The molecule has 1 N–H and O–H groups in total. The minimum Gasteiger partial charge on any atom is -0.480 e. The predicted octanol–water partition coefficient (Wildman–Crippen LogP) is 3.42. The van der Waals surface area contributed by atoms with E-state index in [4.69, 9.17) is 5.11 Å². The highest BCUT2D eigenvalue weighted by atomic mass is 79.9. The van der Waals surface area contributed by atoms with Crippen LogP contribution in [0.3, 0.4) is 0 Å². The van der Waals surface area contributed by atoms with Crippen LogP contribution in [0.1, 0.15) is 30.9 Å². The van der Waals surface area contributed by atoms with Crippen molar-refractivity contribution in [3.63, 3.8) is 0 Å². The van der Waals surface area contributed by atoms with E-state index < -0.39 is 10.8 Å². The van der Waals surface area contributed by atoms with Gasteiger partial charge in [0.25, 0.3) is 0 Å². The lowest BCUT2D eigenvalue weighted by Crippen LogP contribution is -2.15. The number of carboxylic acids is 1. The smallest absolute Gasteiger partial charge is 0.317 e. The Morgan fingerprint density at radius 3 is 2.38 bits per heavy atom. The zero-order valence-electron chi connectivity index (χ0n) is 9.45. The molecule has 0 aromatic heterocycles. The standard InChI is InChI=1S/C13H17BrO2/c1-2-3-4-10-5-7-11(8-6-10)9-12(14)13(15)16/h5-8,12H,2-4,9H2,1H3,(H,15,16)/t12-/m1/s1. The van der Waals surface area contributed by atoms with Crippen LogP contribution in [-0.2, 0) is 17.6 Å². The highest BCUT2D eigenvalue weighted by Crippen LogP contribution is 2.13. The fourth-order valence-electron chi connectivity index (χ4n) is 1.52. The minimum absolute atomic E-state index is 0.492. The molecule has 0 aliphatic carbocycles. The van der Waals surface area contributed by atoms with E-state index in [-0.39, 0.29) is 0 Å². The summed E-state index contributed by atoms with van der Waals surface area (Å²) in [5, 5.41) is 8.77. The molecule has 0 amide bonds. The van der Waals surface area contributed by atoms with Crippen LogP contribution in [0.25, 0.3) is 0 Å². The first-order valence-electron chi connectivity index (χ1n) is 5.58. The second kappa shape index (κ2) is 6.69. The van der Waals surface area contributed by atoms with Gasteiger partial charge in [-0.3, -0.25) is 4.79 Å². The van der Waals surface area contributed by atoms with Crippen molar-refractivity contribution in [3.8, 4) is 0 Å². The van der Waals surface area contributed by atoms with E-state index in [1.54, 1.807) is 0 Å². The number of hydrogen-bond donors (Lipinski definition) is 1. The predicted molar refractivity (Wildman–Crippen MR) is 69.1 cm³/mol. The Kier molecular flexibility index (Phi) is 5.53. The molecule has 1 aromatic carbocycles. The van der Waals surface area contributed by atoms with E-state index in [9.17, 15) is 4.79 Å². The number of carboxylic acid groups (broad SMARTS) is 1. The third-order valence-corrected chi connectivity index (χ3v) is 3.24. The number of benzene rings is 1. The van der Waals surface area contributed by atoms with Gasteiger partial charge < -0.3 is 5.11 Å². The Bertz CT molecular complexity index is 332. The third-order valence-electron chi connectivity index (χ3n) is 2.52. The fourth-order valence-corrected chi connectivity index (χ4v) is 1.89. The summed E-state index contributed by atoms with van der Waals surface area (Å²) < 4.78 is 0. The first kappa shape index (κ1) is 13.2. The van der Waals surface area contributed by atoms with Gasteiger partial charge in [-0.15, -0.1) is 0 Å². The lowest BCUT2D eigenvalue weighted by atomic mass is 10.0. The van der Waals surface area contributed by atoms with Crippen molar-refractivity contribution in [2.24, 2.45) is 0 Å². The molecule has 0 aliphatic rings. The van der Waals surface area contributed by atoms with Crippen molar-refractivity contribution in [1.29, 1.82) is 0 Å². The van der Waals surface area contributed by atoms with E-state index in [2.05, 4.69) is 35.0 Å². The van der Waals surface area contributed by atoms with Crippen LogP contribution in [0.5, 0.6) is 0 Å². The molecule has 1 atom stereocenters. The molecular weight excluding hydrogens is 268 g/mol. The van der Waals surface area contributed by atoms with Crippen LogP contribution >= 0.6 is 15.9 Å². The van der Waals surface area contributed by atoms with Crippen LogP contribution in [-0.4, -0.2) is 15.9 Å². The molecule has 0 bridgehead atoms. The topological polar surface area (TPSA) is 37.3 Å². The molecule has 0 spiro atoms. The van der Waals surface area contributed by atoms with Crippen molar-refractivity contribution in [2.45, 2.75) is 37.4 Å². The van der Waals surface area contributed by atoms with Gasteiger partial charge in [-0.2, -0.15) is 0 Å². The molecular formula is C13H17BrO2. The van der Waals surface area contributed by atoms with E-state index in [1.807, 2.05) is 12.1 Å². The molecule has 0 aliphatic heterocycles. The number of aliphatic carboxylic acids is 1. The third kappa shape index (κ3) is 4.35. The first-order chi connectivity index (χ1) is 7.63. The van der Waals surface area contributed by atoms with Gasteiger partial charge in [-0.1, -0.05) is 53.5 Å². The monoisotopic (exact) mass is 284 g/mol. The lowest BCUT2D eigenvalue weighted by Gasteiger charge is -2.06. The van der Waals surface area contributed by atoms with Crippen molar-refractivity contribution in [1.82, 2.24) is 0 Å². The Morgan fingerprint density at radius 1 is 1.31 bits per heavy atom. The molecule has 0 heterocycles. The fraction of sp³-hybridized carbons (Fsp3) is 0.462. The van der Waals surface area contributed by atoms with E-state index in [1.165, 1.54) is 18.4 Å². The molecule has 3 heteroatoms. The molecule has 2 nitrogen and oxygen atoms in total. The highest BCUT2D eigenvalue weighted by molar-refractivity contribution is 9.10. The second-order valence-corrected chi connectivity index (χ2v) is 5.04. The highest BCUT2D eigenvalue weighted by Gasteiger charge is 2.13. The summed E-state index contributed by atoms with van der Waals surface area (Å²) in [7, 11) is 0. The van der Waals surface area contributed by atoms with Gasteiger partial charge in [-0.05, 0) is 30.4 Å². The molecule has 1 rings (SSSR count). The summed E-state index contributed by atoms with van der Waals surface area (Å²) in [5.74, 6) is -0.810. The molecule has 0 unspecified atom stereocenters. The molecule has 0 saturated heterocycles. The Morgan fingerprint density at radius 2 is 1.88 bits per heavy atom. The van der Waals surface area contributed by atoms with Crippen LogP contribution in [0, 0.1) is 0 Å². The van der Waals surface area contributed by atoms with Gasteiger partial charge >= 0.3 is 5.97 Å². The van der Waals surface area contributed by atoms with Gasteiger partial charge in [0.15, 0.2) is 0 Å². The van der Waals surface area contributed by atoms with Crippen LogP contribution < -0.4 is 0 Å². The minimum atomic E-state index is -0.810. The Hall–Kier alpha value is -0.830. The van der Waals surface area contributed by atoms with E-state index in [0.717, 1.165) is 12.0 Å². The van der Waals surface area contributed by atoms with Crippen molar-refractivity contribution in [3.05, 3.63) is 35.4 Å². The number of unbranched alkanes of at least 4 members (excludes halogenated alkanes) is 1. The molecule has 16 heavy (non-hydrogen) atoms. The number of aryl methyl sites for hydroxylation is 1. The van der Waals surface area contributed by atoms with E-state index in [0.29, 0.717) is 6.42 Å². The van der Waals surface area contributed by atoms with E-state index >= 15 is 0 Å². The van der Waals surface area contributed by atoms with Crippen LogP contribution in [0.15, 0.2) is 24.3 Å². The zero-order valence-corrected chi connectivity index (χ0v) is 11.0. The normalized spacial score (nSPS) is 12.4. The summed E-state index contributed by atoms with van der Waals surface area (Å²) in [6.07, 6.45) is 4.04. The van der Waals surface area contributed by atoms with Gasteiger partial charge in [-0.25, -0.2) is 0 Å². The van der Waals surface area contributed by atoms with Gasteiger partial charge in [0, 0.05) is 0 Å². The number of halogens is 1. The average molecular weight is 285 g/mol. The van der Waals surface area contributed by atoms with Gasteiger partial charge in [0.05, 0.1) is 0 Å². The second-order valence-electron chi connectivity index (χ2n) is 3.93. The van der Waals surface area contributed by atoms with Crippen molar-refractivity contribution < 1.29 is 9.90 Å². The van der Waals surface area contributed by atoms with Gasteiger partial charge in [0.1, 0.15) is 4.83 Å².